The Kier molecular flexibility index (Phi) is 5.28. The van der Waals surface area contributed by atoms with Crippen LogP contribution in [0.15, 0.2) is 36.5 Å². The third-order valence-electron chi connectivity index (χ3n) is 2.71. The number of esters is 1. The molecule has 0 atom stereocenters. The molecule has 1 heterocycles. The molecule has 1 aromatic heterocycles. The first-order valence-electron chi connectivity index (χ1n) is 5.75. The van der Waals surface area contributed by atoms with Crippen molar-refractivity contribution in [3.63, 3.8) is 0 Å². The van der Waals surface area contributed by atoms with Gasteiger partial charge in [0.25, 0.3) is 0 Å². The fraction of sp³-hybridized carbons (Fsp3) is 0.286. The molecule has 2 aromatic rings. The number of benzene rings is 1. The van der Waals surface area contributed by atoms with E-state index in [0.717, 1.165) is 11.1 Å². The molecular formula is C14H16BrNO2. The van der Waals surface area contributed by atoms with E-state index in [0.29, 0.717) is 6.61 Å². The second-order valence-corrected chi connectivity index (χ2v) is 3.98. The van der Waals surface area contributed by atoms with E-state index in [2.05, 4.69) is 12.1 Å². The van der Waals surface area contributed by atoms with Crippen LogP contribution in [0.3, 0.4) is 0 Å². The van der Waals surface area contributed by atoms with Gasteiger partial charge in [-0.3, -0.25) is 0 Å². The van der Waals surface area contributed by atoms with Gasteiger partial charge in [-0.05, 0) is 18.4 Å². The molecule has 0 amide bonds. The van der Waals surface area contributed by atoms with Crippen LogP contribution in [-0.2, 0) is 16.1 Å². The minimum atomic E-state index is -0.198. The standard InChI is InChI=1S/C14H16NO2.BrH/c1-3-17-14(16)10-15-9-13-7-5-4-6-12(13)8-11(15)2;/h4-9H,3,10H2,1-2H3;1H/q+1;/p-1. The average molecular weight is 310 g/mol. The number of rotatable bonds is 3. The highest BCUT2D eigenvalue weighted by Crippen LogP contribution is 2.11. The lowest BCUT2D eigenvalue weighted by atomic mass is 10.1. The summed E-state index contributed by atoms with van der Waals surface area (Å²) in [6.07, 6.45) is 1.99. The molecule has 3 nitrogen and oxygen atoms in total. The van der Waals surface area contributed by atoms with Crippen molar-refractivity contribution in [2.45, 2.75) is 20.4 Å². The molecule has 0 saturated heterocycles. The molecule has 0 saturated carbocycles. The average Bonchev–Trinajstić information content (AvgIpc) is 2.30. The normalized spacial score (nSPS) is 9.89. The van der Waals surface area contributed by atoms with Crippen LogP contribution in [0.2, 0.25) is 0 Å². The van der Waals surface area contributed by atoms with Gasteiger partial charge in [-0.2, -0.15) is 4.57 Å². The highest BCUT2D eigenvalue weighted by atomic mass is 79.9. The number of nitrogens with zero attached hydrogens (tertiary/aromatic N) is 1. The van der Waals surface area contributed by atoms with Crippen LogP contribution in [0.1, 0.15) is 12.6 Å². The van der Waals surface area contributed by atoms with Crippen molar-refractivity contribution < 1.29 is 31.1 Å². The Bertz CT molecular complexity index is 554. The maximum atomic E-state index is 11.5. The summed E-state index contributed by atoms with van der Waals surface area (Å²) >= 11 is 0. The second kappa shape index (κ2) is 6.50. The number of aryl methyl sites for hydroxylation is 1. The number of fused-ring (bicyclic) bond motifs is 1. The van der Waals surface area contributed by atoms with Gasteiger partial charge in [-0.1, -0.05) is 18.2 Å². The Morgan fingerprint density at radius 1 is 1.28 bits per heavy atom. The van der Waals surface area contributed by atoms with Gasteiger partial charge in [0.05, 0.1) is 6.61 Å². The van der Waals surface area contributed by atoms with E-state index in [-0.39, 0.29) is 29.5 Å². The van der Waals surface area contributed by atoms with Gasteiger partial charge in [0.2, 0.25) is 6.54 Å². The molecule has 0 unspecified atom stereocenters. The van der Waals surface area contributed by atoms with Crippen LogP contribution >= 0.6 is 0 Å². The largest absolute Gasteiger partial charge is 1.00 e. The first-order valence-corrected chi connectivity index (χ1v) is 5.75. The van der Waals surface area contributed by atoms with Crippen molar-refractivity contribution in [2.75, 3.05) is 6.61 Å². The second-order valence-electron chi connectivity index (χ2n) is 3.98. The topological polar surface area (TPSA) is 30.2 Å². The summed E-state index contributed by atoms with van der Waals surface area (Å²) in [6.45, 7) is 4.50. The molecule has 0 aliphatic rings. The van der Waals surface area contributed by atoms with Crippen molar-refractivity contribution in [1.29, 1.82) is 0 Å². The smallest absolute Gasteiger partial charge is 0.372 e. The lowest BCUT2D eigenvalue weighted by molar-refractivity contribution is -0.690. The molecule has 2 rings (SSSR count). The van der Waals surface area contributed by atoms with Gasteiger partial charge in [-0.15, -0.1) is 0 Å². The van der Waals surface area contributed by atoms with E-state index in [1.54, 1.807) is 0 Å². The van der Waals surface area contributed by atoms with E-state index < -0.39 is 0 Å². The van der Waals surface area contributed by atoms with Crippen LogP contribution in [0.25, 0.3) is 10.8 Å². The number of ether oxygens (including phenoxy) is 1. The molecule has 0 spiro atoms. The Hall–Kier alpha value is -1.42. The molecule has 0 N–H and O–H groups in total. The molecule has 0 radical (unpaired) electrons. The van der Waals surface area contributed by atoms with Gasteiger partial charge in [0, 0.05) is 18.4 Å². The number of aromatic nitrogens is 1. The minimum Gasteiger partial charge on any atom is -1.00 e. The maximum Gasteiger partial charge on any atom is 0.372 e. The highest BCUT2D eigenvalue weighted by molar-refractivity contribution is 5.81. The Balaban J connectivity index is 0.00000162. The fourth-order valence-corrected chi connectivity index (χ4v) is 1.85. The van der Waals surface area contributed by atoms with E-state index in [4.69, 9.17) is 4.74 Å². The van der Waals surface area contributed by atoms with Crippen LogP contribution < -0.4 is 21.5 Å². The van der Waals surface area contributed by atoms with E-state index in [1.807, 2.05) is 42.8 Å². The van der Waals surface area contributed by atoms with Gasteiger partial charge < -0.3 is 21.7 Å². The molecule has 0 fully saturated rings. The van der Waals surface area contributed by atoms with E-state index >= 15 is 0 Å². The summed E-state index contributed by atoms with van der Waals surface area (Å²) in [5.41, 5.74) is 1.05. The van der Waals surface area contributed by atoms with Crippen LogP contribution in [0, 0.1) is 6.92 Å². The van der Waals surface area contributed by atoms with E-state index in [1.165, 1.54) is 5.39 Å². The maximum absolute atomic E-state index is 11.5. The summed E-state index contributed by atoms with van der Waals surface area (Å²) in [5, 5.41) is 2.31. The number of carbonyl (C=O) groups is 1. The number of hydrogen-bond donors (Lipinski definition) is 0. The third kappa shape index (κ3) is 3.29. The zero-order chi connectivity index (χ0) is 12.3. The molecule has 4 heteroatoms. The highest BCUT2D eigenvalue weighted by Gasteiger charge is 2.14. The summed E-state index contributed by atoms with van der Waals surface area (Å²) in [4.78, 5) is 11.5. The molecule has 1 aromatic carbocycles. The quantitative estimate of drug-likeness (QED) is 0.538. The molecule has 0 aliphatic heterocycles. The van der Waals surface area contributed by atoms with Crippen molar-refractivity contribution in [3.05, 3.63) is 42.2 Å². The first kappa shape index (κ1) is 14.6. The molecular weight excluding hydrogens is 294 g/mol. The van der Waals surface area contributed by atoms with Crippen molar-refractivity contribution in [3.8, 4) is 0 Å². The monoisotopic (exact) mass is 309 g/mol. The number of halogens is 1. The zero-order valence-corrected chi connectivity index (χ0v) is 12.1. The van der Waals surface area contributed by atoms with Gasteiger partial charge in [0.15, 0.2) is 11.9 Å². The SMILES string of the molecule is CCOC(=O)C[n+]1cc2ccccc2cc1C.[Br-]. The summed E-state index contributed by atoms with van der Waals surface area (Å²) in [6, 6.07) is 10.2. The van der Waals surface area contributed by atoms with Gasteiger partial charge in [-0.25, -0.2) is 4.79 Å². The number of pyridine rings is 1. The fourth-order valence-electron chi connectivity index (χ4n) is 1.85. The Labute approximate surface area is 117 Å². The van der Waals surface area contributed by atoms with Crippen molar-refractivity contribution >= 4 is 16.7 Å². The molecule has 0 aliphatic carbocycles. The van der Waals surface area contributed by atoms with Crippen LogP contribution in [0.5, 0.6) is 0 Å². The number of carbonyl (C=O) groups excluding carboxylic acids is 1. The Morgan fingerprint density at radius 2 is 1.94 bits per heavy atom. The molecule has 0 bridgehead atoms. The molecule has 96 valence electrons. The summed E-state index contributed by atoms with van der Waals surface area (Å²) in [7, 11) is 0. The predicted octanol–water partition coefficient (Wildman–Crippen LogP) is -0.997. The zero-order valence-electron chi connectivity index (χ0n) is 10.5. The number of hydrogen-bond acceptors (Lipinski definition) is 2. The molecule has 18 heavy (non-hydrogen) atoms. The van der Waals surface area contributed by atoms with E-state index in [9.17, 15) is 4.79 Å². The van der Waals surface area contributed by atoms with Crippen molar-refractivity contribution in [2.24, 2.45) is 0 Å². The minimum absolute atomic E-state index is 0. The predicted molar refractivity (Wildman–Crippen MR) is 65.5 cm³/mol. The van der Waals surface area contributed by atoms with Crippen LogP contribution in [0.4, 0.5) is 0 Å². The van der Waals surface area contributed by atoms with Crippen molar-refractivity contribution in [1.82, 2.24) is 0 Å². The van der Waals surface area contributed by atoms with Gasteiger partial charge in [0.1, 0.15) is 0 Å². The lowest BCUT2D eigenvalue weighted by Crippen LogP contribution is -3.00. The summed E-state index contributed by atoms with van der Waals surface area (Å²) in [5.74, 6) is -0.198. The summed E-state index contributed by atoms with van der Waals surface area (Å²) < 4.78 is 6.87. The third-order valence-corrected chi connectivity index (χ3v) is 2.71. The lowest BCUT2D eigenvalue weighted by Gasteiger charge is -2.03. The first-order chi connectivity index (χ1) is 8.20. The van der Waals surface area contributed by atoms with Crippen LogP contribution in [-0.4, -0.2) is 12.6 Å². The van der Waals surface area contributed by atoms with Gasteiger partial charge >= 0.3 is 5.97 Å². The Morgan fingerprint density at radius 3 is 2.61 bits per heavy atom.